The zero-order valence-electron chi connectivity index (χ0n) is 10.1. The smallest absolute Gasteiger partial charge is 0.142 e. The minimum atomic E-state index is -0.349. The molecule has 1 N–H and O–H groups in total. The van der Waals surface area contributed by atoms with Gasteiger partial charge < -0.3 is 5.32 Å². The summed E-state index contributed by atoms with van der Waals surface area (Å²) in [6.07, 6.45) is 0. The van der Waals surface area contributed by atoms with Gasteiger partial charge in [0.1, 0.15) is 5.82 Å². The molecule has 0 spiro atoms. The number of halogens is 2. The van der Waals surface area contributed by atoms with Crippen LogP contribution in [0.1, 0.15) is 26.3 Å². The minimum absolute atomic E-state index is 0.229. The molecule has 0 saturated heterocycles. The Bertz CT molecular complexity index is 339. The van der Waals surface area contributed by atoms with Gasteiger partial charge in [0.25, 0.3) is 0 Å². The van der Waals surface area contributed by atoms with Crippen molar-refractivity contribution >= 4 is 11.6 Å². The van der Waals surface area contributed by atoms with E-state index >= 15 is 0 Å². The Labute approximate surface area is 102 Å². The molecule has 1 nitrogen and oxygen atoms in total. The summed E-state index contributed by atoms with van der Waals surface area (Å²) < 4.78 is 13.1. The molecule has 0 saturated carbocycles. The third-order valence-electron chi connectivity index (χ3n) is 2.95. The summed E-state index contributed by atoms with van der Waals surface area (Å²) in [5, 5.41) is 3.53. The van der Waals surface area contributed by atoms with Crippen LogP contribution in [-0.2, 0) is 6.54 Å². The maximum Gasteiger partial charge on any atom is 0.142 e. The molecule has 0 aliphatic carbocycles. The highest BCUT2D eigenvalue weighted by atomic mass is 35.5. The highest BCUT2D eigenvalue weighted by Gasteiger charge is 2.08. The van der Waals surface area contributed by atoms with Crippen molar-refractivity contribution in [3.8, 4) is 0 Å². The Balaban J connectivity index is 2.46. The van der Waals surface area contributed by atoms with Gasteiger partial charge in [0.05, 0.1) is 5.02 Å². The van der Waals surface area contributed by atoms with E-state index in [1.54, 1.807) is 6.07 Å². The molecule has 0 aliphatic heterocycles. The van der Waals surface area contributed by atoms with E-state index in [0.717, 1.165) is 12.1 Å². The molecule has 1 unspecified atom stereocenters. The number of hydrogen-bond donors (Lipinski definition) is 1. The van der Waals surface area contributed by atoms with Crippen LogP contribution >= 0.6 is 11.6 Å². The topological polar surface area (TPSA) is 12.0 Å². The fourth-order valence-corrected chi connectivity index (χ4v) is 1.55. The molecule has 3 heteroatoms. The van der Waals surface area contributed by atoms with Crippen LogP contribution in [0.15, 0.2) is 18.2 Å². The van der Waals surface area contributed by atoms with E-state index < -0.39 is 0 Å². The number of nitrogens with one attached hydrogen (secondary N) is 1. The minimum Gasteiger partial charge on any atom is -0.312 e. The lowest BCUT2D eigenvalue weighted by Gasteiger charge is -2.16. The monoisotopic (exact) mass is 243 g/mol. The van der Waals surface area contributed by atoms with Crippen LogP contribution in [0, 0.1) is 17.7 Å². The Hall–Kier alpha value is -0.600. The molecule has 0 radical (unpaired) electrons. The van der Waals surface area contributed by atoms with Gasteiger partial charge >= 0.3 is 0 Å². The van der Waals surface area contributed by atoms with E-state index in [1.165, 1.54) is 6.07 Å². The number of benzene rings is 1. The first-order valence-corrected chi connectivity index (χ1v) is 6.03. The predicted molar refractivity (Wildman–Crippen MR) is 67.1 cm³/mol. The average Bonchev–Trinajstić information content (AvgIpc) is 2.24. The summed E-state index contributed by atoms with van der Waals surface area (Å²) in [5.74, 6) is 0.903. The normalized spacial score (nSPS) is 13.1. The van der Waals surface area contributed by atoms with E-state index in [4.69, 9.17) is 11.6 Å². The van der Waals surface area contributed by atoms with Gasteiger partial charge in [-0.15, -0.1) is 0 Å². The Morgan fingerprint density at radius 3 is 2.62 bits per heavy atom. The molecule has 0 fully saturated rings. The van der Waals surface area contributed by atoms with E-state index in [1.807, 2.05) is 6.07 Å². The summed E-state index contributed by atoms with van der Waals surface area (Å²) in [5.41, 5.74) is 0.817. The third kappa shape index (κ3) is 3.76. The van der Waals surface area contributed by atoms with Crippen LogP contribution in [0.4, 0.5) is 4.39 Å². The maximum atomic E-state index is 13.1. The van der Waals surface area contributed by atoms with E-state index in [2.05, 4.69) is 26.1 Å². The SMILES string of the molecule is CC(C)C(C)CNCc1cccc(F)c1Cl. The Morgan fingerprint density at radius 1 is 1.31 bits per heavy atom. The number of rotatable bonds is 5. The van der Waals surface area contributed by atoms with Gasteiger partial charge in [-0.3, -0.25) is 0 Å². The Morgan fingerprint density at radius 2 is 2.00 bits per heavy atom. The molecule has 1 rings (SSSR count). The quantitative estimate of drug-likeness (QED) is 0.828. The van der Waals surface area contributed by atoms with Gasteiger partial charge in [-0.1, -0.05) is 44.5 Å². The van der Waals surface area contributed by atoms with Crippen LogP contribution < -0.4 is 5.32 Å². The highest BCUT2D eigenvalue weighted by molar-refractivity contribution is 6.31. The van der Waals surface area contributed by atoms with Gasteiger partial charge in [0.15, 0.2) is 0 Å². The van der Waals surface area contributed by atoms with Crippen molar-refractivity contribution < 1.29 is 4.39 Å². The fourth-order valence-electron chi connectivity index (χ4n) is 1.36. The van der Waals surface area contributed by atoms with Crippen LogP contribution in [0.3, 0.4) is 0 Å². The molecule has 0 aromatic heterocycles. The average molecular weight is 244 g/mol. The predicted octanol–water partition coefficient (Wildman–Crippen LogP) is 3.86. The van der Waals surface area contributed by atoms with Gasteiger partial charge in [0.2, 0.25) is 0 Å². The van der Waals surface area contributed by atoms with E-state index in [0.29, 0.717) is 18.4 Å². The summed E-state index contributed by atoms with van der Waals surface area (Å²) in [6.45, 7) is 8.13. The second-order valence-corrected chi connectivity index (χ2v) is 4.94. The van der Waals surface area contributed by atoms with Crippen LogP contribution in [-0.4, -0.2) is 6.54 Å². The molecular formula is C13H19ClFN. The fraction of sp³-hybridized carbons (Fsp3) is 0.538. The lowest BCUT2D eigenvalue weighted by molar-refractivity contribution is 0.392. The first-order valence-electron chi connectivity index (χ1n) is 5.66. The van der Waals surface area contributed by atoms with Crippen LogP contribution in [0.5, 0.6) is 0 Å². The third-order valence-corrected chi connectivity index (χ3v) is 3.37. The van der Waals surface area contributed by atoms with Gasteiger partial charge in [-0.25, -0.2) is 4.39 Å². The maximum absolute atomic E-state index is 13.1. The zero-order chi connectivity index (χ0) is 12.1. The van der Waals surface area contributed by atoms with Gasteiger partial charge in [0, 0.05) is 6.54 Å². The first-order chi connectivity index (χ1) is 7.52. The largest absolute Gasteiger partial charge is 0.312 e. The Kier molecular flexibility index (Phi) is 5.23. The molecule has 0 bridgehead atoms. The molecule has 0 amide bonds. The van der Waals surface area contributed by atoms with Crippen molar-refractivity contribution in [1.29, 1.82) is 0 Å². The molecular weight excluding hydrogens is 225 g/mol. The highest BCUT2D eigenvalue weighted by Crippen LogP contribution is 2.19. The molecule has 0 heterocycles. The van der Waals surface area contributed by atoms with Crippen molar-refractivity contribution in [1.82, 2.24) is 5.32 Å². The molecule has 1 aromatic rings. The lowest BCUT2D eigenvalue weighted by Crippen LogP contribution is -2.23. The van der Waals surface area contributed by atoms with E-state index in [9.17, 15) is 4.39 Å². The standard InChI is InChI=1S/C13H19ClFN/c1-9(2)10(3)7-16-8-11-5-4-6-12(15)13(11)14/h4-6,9-10,16H,7-8H2,1-3H3. The molecule has 0 aliphatic rings. The van der Waals surface area contributed by atoms with Crippen LogP contribution in [0.2, 0.25) is 5.02 Å². The summed E-state index contributed by atoms with van der Waals surface area (Å²) in [4.78, 5) is 0. The second-order valence-electron chi connectivity index (χ2n) is 4.57. The lowest BCUT2D eigenvalue weighted by atomic mass is 9.98. The van der Waals surface area contributed by atoms with E-state index in [-0.39, 0.29) is 10.8 Å². The summed E-state index contributed by atoms with van der Waals surface area (Å²) in [7, 11) is 0. The molecule has 1 aromatic carbocycles. The molecule has 1 atom stereocenters. The van der Waals surface area contributed by atoms with Crippen molar-refractivity contribution in [3.05, 3.63) is 34.6 Å². The van der Waals surface area contributed by atoms with Crippen molar-refractivity contribution in [2.75, 3.05) is 6.54 Å². The first kappa shape index (κ1) is 13.5. The van der Waals surface area contributed by atoms with Crippen molar-refractivity contribution in [2.45, 2.75) is 27.3 Å². The van der Waals surface area contributed by atoms with Crippen LogP contribution in [0.25, 0.3) is 0 Å². The zero-order valence-corrected chi connectivity index (χ0v) is 10.8. The van der Waals surface area contributed by atoms with Gasteiger partial charge in [-0.2, -0.15) is 0 Å². The van der Waals surface area contributed by atoms with Gasteiger partial charge in [-0.05, 0) is 30.0 Å². The van der Waals surface area contributed by atoms with Crippen molar-refractivity contribution in [3.63, 3.8) is 0 Å². The van der Waals surface area contributed by atoms with Crippen molar-refractivity contribution in [2.24, 2.45) is 11.8 Å². The molecule has 90 valence electrons. The summed E-state index contributed by atoms with van der Waals surface area (Å²) in [6, 6.07) is 4.91. The summed E-state index contributed by atoms with van der Waals surface area (Å²) >= 11 is 5.86. The number of hydrogen-bond acceptors (Lipinski definition) is 1. The second kappa shape index (κ2) is 6.21. The molecule has 16 heavy (non-hydrogen) atoms.